The zero-order valence-corrected chi connectivity index (χ0v) is 31.7. The summed E-state index contributed by atoms with van der Waals surface area (Å²) in [5.41, 5.74) is 7.66. The smallest absolute Gasteiger partial charge is 0.309 e. The SMILES string of the molecule is CC(C)(C)c1ccc2c(c1)c1cc(C(C)(C)C)ccc1n2-c1ccc(-c2cccc(C(F)(F)F)c2)c(-c2nc(-c3ccccc3)nc(-c3ccccc3)n2)c1. The number of aromatic nitrogens is 4. The lowest BCUT2D eigenvalue weighted by Gasteiger charge is -2.19. The number of benzene rings is 6. The summed E-state index contributed by atoms with van der Waals surface area (Å²) in [5.74, 6) is 1.28. The van der Waals surface area contributed by atoms with E-state index in [1.54, 1.807) is 6.07 Å². The first kappa shape index (κ1) is 35.9. The molecule has 8 aromatic rings. The molecule has 6 aromatic carbocycles. The minimum atomic E-state index is -4.51. The molecular weight excluding hydrogens is 690 g/mol. The van der Waals surface area contributed by atoms with Gasteiger partial charge in [0.2, 0.25) is 0 Å². The summed E-state index contributed by atoms with van der Waals surface area (Å²) in [6, 6.07) is 43.9. The maximum absolute atomic E-state index is 14.1. The van der Waals surface area contributed by atoms with E-state index in [4.69, 9.17) is 15.0 Å². The van der Waals surface area contributed by atoms with Crippen LogP contribution in [0.3, 0.4) is 0 Å². The van der Waals surface area contributed by atoms with Gasteiger partial charge in [-0.1, -0.05) is 133 Å². The molecule has 0 spiro atoms. The molecule has 2 aromatic heterocycles. The van der Waals surface area contributed by atoms with Gasteiger partial charge in [-0.3, -0.25) is 0 Å². The fraction of sp³-hybridized carbons (Fsp3) is 0.188. The molecule has 0 atom stereocenters. The van der Waals surface area contributed by atoms with Crippen molar-refractivity contribution >= 4 is 21.8 Å². The third-order valence-corrected chi connectivity index (χ3v) is 10.2. The Kier molecular flexibility index (Phi) is 8.71. The molecule has 0 saturated heterocycles. The van der Waals surface area contributed by atoms with Gasteiger partial charge < -0.3 is 4.57 Å². The molecule has 0 saturated carbocycles. The molecule has 0 aliphatic rings. The van der Waals surface area contributed by atoms with E-state index in [-0.39, 0.29) is 10.8 Å². The molecule has 0 aliphatic carbocycles. The molecule has 55 heavy (non-hydrogen) atoms. The molecule has 4 nitrogen and oxygen atoms in total. The van der Waals surface area contributed by atoms with Crippen LogP contribution < -0.4 is 0 Å². The number of rotatable bonds is 5. The highest BCUT2D eigenvalue weighted by atomic mass is 19.4. The van der Waals surface area contributed by atoms with Gasteiger partial charge in [0.05, 0.1) is 16.6 Å². The number of halogens is 3. The van der Waals surface area contributed by atoms with Crippen LogP contribution in [0.1, 0.15) is 58.2 Å². The fourth-order valence-electron chi connectivity index (χ4n) is 7.13. The highest BCUT2D eigenvalue weighted by Gasteiger charge is 2.31. The molecule has 274 valence electrons. The van der Waals surface area contributed by atoms with Crippen LogP contribution in [0.25, 0.3) is 72.8 Å². The minimum Gasteiger partial charge on any atom is -0.309 e. The number of alkyl halides is 3. The van der Waals surface area contributed by atoms with Crippen molar-refractivity contribution < 1.29 is 13.2 Å². The Morgan fingerprint density at radius 3 is 1.40 bits per heavy atom. The van der Waals surface area contributed by atoms with Crippen LogP contribution in [0, 0.1) is 0 Å². The Labute approximate surface area is 319 Å². The number of hydrogen-bond donors (Lipinski definition) is 0. The zero-order chi connectivity index (χ0) is 38.7. The van der Waals surface area contributed by atoms with Gasteiger partial charge in [0.25, 0.3) is 0 Å². The summed E-state index contributed by atoms with van der Waals surface area (Å²) in [7, 11) is 0. The Morgan fingerprint density at radius 1 is 0.418 bits per heavy atom. The molecule has 2 heterocycles. The maximum Gasteiger partial charge on any atom is 0.416 e. The quantitative estimate of drug-likeness (QED) is 0.177. The maximum atomic E-state index is 14.1. The molecule has 8 rings (SSSR count). The van der Waals surface area contributed by atoms with Crippen LogP contribution in [0.5, 0.6) is 0 Å². The minimum absolute atomic E-state index is 0.0599. The highest BCUT2D eigenvalue weighted by Crippen LogP contribution is 2.41. The first-order valence-corrected chi connectivity index (χ1v) is 18.4. The van der Waals surface area contributed by atoms with Crippen LogP contribution in [-0.4, -0.2) is 19.5 Å². The van der Waals surface area contributed by atoms with Crippen LogP contribution in [0.2, 0.25) is 0 Å². The summed E-state index contributed by atoms with van der Waals surface area (Å²) < 4.78 is 44.5. The topological polar surface area (TPSA) is 43.6 Å². The van der Waals surface area contributed by atoms with Crippen molar-refractivity contribution in [3.05, 3.63) is 156 Å². The molecule has 0 fully saturated rings. The lowest BCUT2D eigenvalue weighted by atomic mass is 9.85. The van der Waals surface area contributed by atoms with E-state index in [1.165, 1.54) is 23.3 Å². The van der Waals surface area contributed by atoms with Gasteiger partial charge in [-0.05, 0) is 81.6 Å². The van der Waals surface area contributed by atoms with Gasteiger partial charge in [0, 0.05) is 33.2 Å². The molecule has 0 aliphatic heterocycles. The molecule has 0 unspecified atom stereocenters. The molecule has 0 N–H and O–H groups in total. The Bertz CT molecular complexity index is 2570. The van der Waals surface area contributed by atoms with Crippen LogP contribution in [0.4, 0.5) is 13.2 Å². The van der Waals surface area contributed by atoms with Crippen molar-refractivity contribution in [2.24, 2.45) is 0 Å². The normalized spacial score (nSPS) is 12.5. The van der Waals surface area contributed by atoms with Crippen molar-refractivity contribution in [3.8, 4) is 51.0 Å². The zero-order valence-electron chi connectivity index (χ0n) is 31.7. The van der Waals surface area contributed by atoms with Gasteiger partial charge in [-0.25, -0.2) is 15.0 Å². The van der Waals surface area contributed by atoms with E-state index >= 15 is 0 Å². The molecule has 7 heteroatoms. The third kappa shape index (κ3) is 6.91. The van der Waals surface area contributed by atoms with Crippen LogP contribution >= 0.6 is 0 Å². The number of hydrogen-bond acceptors (Lipinski definition) is 3. The average Bonchev–Trinajstić information content (AvgIpc) is 3.50. The van der Waals surface area contributed by atoms with E-state index in [2.05, 4.69) is 82.5 Å². The van der Waals surface area contributed by atoms with E-state index in [9.17, 15) is 13.2 Å². The molecule has 0 radical (unpaired) electrons. The predicted molar refractivity (Wildman–Crippen MR) is 218 cm³/mol. The molecule has 0 amide bonds. The Hall–Kier alpha value is -6.08. The molecular formula is C48H41F3N4. The van der Waals surface area contributed by atoms with Gasteiger partial charge in [-0.2, -0.15) is 13.2 Å². The number of nitrogens with zero attached hydrogens (tertiary/aromatic N) is 4. The molecule has 0 bridgehead atoms. The van der Waals surface area contributed by atoms with E-state index in [0.717, 1.165) is 44.7 Å². The monoisotopic (exact) mass is 730 g/mol. The third-order valence-electron chi connectivity index (χ3n) is 10.2. The predicted octanol–water partition coefficient (Wildman–Crippen LogP) is 13.3. The summed E-state index contributed by atoms with van der Waals surface area (Å²) in [4.78, 5) is 14.9. The van der Waals surface area contributed by atoms with E-state index < -0.39 is 11.7 Å². The van der Waals surface area contributed by atoms with Gasteiger partial charge in [-0.15, -0.1) is 0 Å². The average molecular weight is 731 g/mol. The van der Waals surface area contributed by atoms with Crippen molar-refractivity contribution in [2.45, 2.75) is 58.5 Å². The van der Waals surface area contributed by atoms with Crippen LogP contribution in [-0.2, 0) is 17.0 Å². The van der Waals surface area contributed by atoms with Crippen molar-refractivity contribution in [1.29, 1.82) is 0 Å². The lowest BCUT2D eigenvalue weighted by molar-refractivity contribution is -0.137. The van der Waals surface area contributed by atoms with Crippen molar-refractivity contribution in [3.63, 3.8) is 0 Å². The second-order valence-electron chi connectivity index (χ2n) is 16.1. The van der Waals surface area contributed by atoms with Gasteiger partial charge >= 0.3 is 6.18 Å². The van der Waals surface area contributed by atoms with Crippen molar-refractivity contribution in [2.75, 3.05) is 0 Å². The van der Waals surface area contributed by atoms with Gasteiger partial charge in [0.15, 0.2) is 17.5 Å². The lowest BCUT2D eigenvalue weighted by Crippen LogP contribution is -2.10. The van der Waals surface area contributed by atoms with Crippen molar-refractivity contribution in [1.82, 2.24) is 19.5 Å². The second kappa shape index (κ2) is 13.3. The number of fused-ring (bicyclic) bond motifs is 3. The summed E-state index contributed by atoms with van der Waals surface area (Å²) in [5, 5.41) is 2.27. The largest absolute Gasteiger partial charge is 0.416 e. The standard InChI is InChI=1S/C48H41F3N4/c1-46(2,3)33-20-24-41-38(27-33)39-28-34(47(4,5)6)21-25-42(39)55(41)36-22-23-37(32-18-13-19-35(26-32)48(49,50)51)40(29-36)45-53-43(30-14-9-7-10-15-30)52-44(54-45)31-16-11-8-12-17-31/h7-29H,1-6H3. The first-order chi connectivity index (χ1) is 26.1. The first-order valence-electron chi connectivity index (χ1n) is 18.4. The van der Waals surface area contributed by atoms with E-state index in [1.807, 2.05) is 78.9 Å². The Morgan fingerprint density at radius 2 is 0.909 bits per heavy atom. The summed E-state index contributed by atoms with van der Waals surface area (Å²) in [6.07, 6.45) is -4.51. The van der Waals surface area contributed by atoms with Gasteiger partial charge in [0.1, 0.15) is 0 Å². The van der Waals surface area contributed by atoms with Crippen LogP contribution in [0.15, 0.2) is 140 Å². The van der Waals surface area contributed by atoms with E-state index in [0.29, 0.717) is 34.2 Å². The summed E-state index contributed by atoms with van der Waals surface area (Å²) >= 11 is 0. The summed E-state index contributed by atoms with van der Waals surface area (Å²) in [6.45, 7) is 13.3. The Balaban J connectivity index is 1.44. The second-order valence-corrected chi connectivity index (χ2v) is 16.1. The highest BCUT2D eigenvalue weighted by molar-refractivity contribution is 6.10. The fourth-order valence-corrected chi connectivity index (χ4v) is 7.13.